The van der Waals surface area contributed by atoms with Crippen molar-refractivity contribution in [2.45, 2.75) is 65.8 Å². The summed E-state index contributed by atoms with van der Waals surface area (Å²) in [5, 5.41) is 0.263. The molecule has 0 amide bonds. The smallest absolute Gasteiger partial charge is 0.192 e. The summed E-state index contributed by atoms with van der Waals surface area (Å²) in [6.45, 7) is 21.9. The maximum Gasteiger partial charge on any atom is 0.192 e. The van der Waals surface area contributed by atoms with Crippen molar-refractivity contribution >= 4 is 8.32 Å². The van der Waals surface area contributed by atoms with E-state index in [1.165, 1.54) is 0 Å². The third-order valence-electron chi connectivity index (χ3n) is 3.30. The minimum absolute atomic E-state index is 0.136. The highest BCUT2D eigenvalue weighted by atomic mass is 28.4. The molecule has 0 aromatic carbocycles. The Labute approximate surface area is 97.0 Å². The lowest BCUT2D eigenvalue weighted by Crippen LogP contribution is -2.46. The van der Waals surface area contributed by atoms with Crippen molar-refractivity contribution < 1.29 is 4.43 Å². The highest BCUT2D eigenvalue weighted by Gasteiger charge is 2.40. The van der Waals surface area contributed by atoms with Gasteiger partial charge in [0.2, 0.25) is 0 Å². The second-order valence-electron chi connectivity index (χ2n) is 6.90. The van der Waals surface area contributed by atoms with E-state index >= 15 is 0 Å². The van der Waals surface area contributed by atoms with Crippen molar-refractivity contribution in [3.63, 3.8) is 0 Å². The van der Waals surface area contributed by atoms with Crippen LogP contribution in [0.25, 0.3) is 0 Å². The van der Waals surface area contributed by atoms with Gasteiger partial charge in [-0.1, -0.05) is 47.6 Å². The molecule has 0 saturated carbocycles. The Kier molecular flexibility index (Phi) is 4.40. The molecule has 0 radical (unpaired) electrons. The summed E-state index contributed by atoms with van der Waals surface area (Å²) < 4.78 is 6.34. The topological polar surface area (TPSA) is 9.23 Å². The van der Waals surface area contributed by atoms with E-state index in [1.54, 1.807) is 0 Å². The van der Waals surface area contributed by atoms with Gasteiger partial charge < -0.3 is 4.43 Å². The monoisotopic (exact) mass is 228 g/mol. The molecule has 0 aliphatic carbocycles. The van der Waals surface area contributed by atoms with E-state index in [0.717, 1.165) is 0 Å². The Balaban J connectivity index is 4.78. The molecule has 0 bridgehead atoms. The van der Waals surface area contributed by atoms with Crippen LogP contribution in [0.4, 0.5) is 0 Å². The first-order valence-electron chi connectivity index (χ1n) is 5.72. The summed E-state index contributed by atoms with van der Waals surface area (Å²) in [6.07, 6.45) is 2.10. The predicted molar refractivity (Wildman–Crippen MR) is 71.7 cm³/mol. The van der Waals surface area contributed by atoms with Gasteiger partial charge in [0.25, 0.3) is 0 Å². The second-order valence-corrected chi connectivity index (χ2v) is 11.7. The quantitative estimate of drug-likeness (QED) is 0.506. The average Bonchev–Trinajstić information content (AvgIpc) is 1.95. The Morgan fingerprint density at radius 1 is 1.07 bits per heavy atom. The largest absolute Gasteiger partial charge is 0.410 e. The summed E-state index contributed by atoms with van der Waals surface area (Å²) in [5.41, 5.74) is 0.136. The summed E-state index contributed by atoms with van der Waals surface area (Å²) in [6, 6.07) is 0. The third-order valence-corrected chi connectivity index (χ3v) is 7.75. The molecule has 0 spiro atoms. The third kappa shape index (κ3) is 4.11. The van der Waals surface area contributed by atoms with Crippen molar-refractivity contribution in [3.8, 4) is 0 Å². The maximum absolute atomic E-state index is 6.34. The van der Waals surface area contributed by atoms with Crippen molar-refractivity contribution in [2.75, 3.05) is 0 Å². The fourth-order valence-corrected chi connectivity index (χ4v) is 2.51. The SMILES string of the molecule is C=CC(O[Si](C)(C)C(C)(C)C)C(C)(C)C. The molecule has 2 heteroatoms. The van der Waals surface area contributed by atoms with Crippen LogP contribution in [0.1, 0.15) is 41.5 Å². The summed E-state index contributed by atoms with van der Waals surface area (Å²) in [7, 11) is -1.67. The van der Waals surface area contributed by atoms with Gasteiger partial charge in [-0.25, -0.2) is 0 Å². The Bertz CT molecular complexity index is 218. The normalized spacial score (nSPS) is 16.3. The molecule has 0 aliphatic heterocycles. The van der Waals surface area contributed by atoms with Crippen LogP contribution in [0.2, 0.25) is 18.1 Å². The molecule has 0 N–H and O–H groups in total. The number of hydrogen-bond donors (Lipinski definition) is 0. The Morgan fingerprint density at radius 3 is 1.67 bits per heavy atom. The van der Waals surface area contributed by atoms with Crippen LogP contribution >= 0.6 is 0 Å². The summed E-state index contributed by atoms with van der Waals surface area (Å²) >= 11 is 0. The molecule has 15 heavy (non-hydrogen) atoms. The van der Waals surface area contributed by atoms with Gasteiger partial charge in [0.1, 0.15) is 0 Å². The zero-order valence-electron chi connectivity index (χ0n) is 11.8. The van der Waals surface area contributed by atoms with E-state index in [-0.39, 0.29) is 16.6 Å². The van der Waals surface area contributed by atoms with E-state index in [0.29, 0.717) is 0 Å². The van der Waals surface area contributed by atoms with Gasteiger partial charge in [0, 0.05) is 0 Å². The Hall–Kier alpha value is -0.0831. The minimum atomic E-state index is -1.67. The van der Waals surface area contributed by atoms with Crippen LogP contribution in [-0.4, -0.2) is 14.4 Å². The number of hydrogen-bond acceptors (Lipinski definition) is 1. The van der Waals surface area contributed by atoms with Gasteiger partial charge in [-0.15, -0.1) is 6.58 Å². The van der Waals surface area contributed by atoms with Gasteiger partial charge in [-0.05, 0) is 23.5 Å². The van der Waals surface area contributed by atoms with Crippen molar-refractivity contribution in [1.82, 2.24) is 0 Å². The molecule has 0 fully saturated rings. The van der Waals surface area contributed by atoms with Gasteiger partial charge >= 0.3 is 0 Å². The summed E-state index contributed by atoms with van der Waals surface area (Å²) in [4.78, 5) is 0. The second kappa shape index (κ2) is 4.42. The standard InChI is InChI=1S/C13H28OSi/c1-10-11(12(2,3)4)14-15(8,9)13(5,6)7/h10-11H,1H2,2-9H3. The maximum atomic E-state index is 6.34. The van der Waals surface area contributed by atoms with Crippen LogP contribution in [0.3, 0.4) is 0 Å². The zero-order valence-corrected chi connectivity index (χ0v) is 12.8. The first kappa shape index (κ1) is 14.9. The van der Waals surface area contributed by atoms with Gasteiger partial charge in [-0.3, -0.25) is 0 Å². The van der Waals surface area contributed by atoms with Crippen molar-refractivity contribution in [2.24, 2.45) is 5.41 Å². The highest BCUT2D eigenvalue weighted by molar-refractivity contribution is 6.74. The molecule has 0 aliphatic rings. The molecule has 1 nitrogen and oxygen atoms in total. The molecule has 90 valence electrons. The van der Waals surface area contributed by atoms with Crippen LogP contribution in [0.5, 0.6) is 0 Å². The summed E-state index contributed by atoms with van der Waals surface area (Å²) in [5.74, 6) is 0. The molecule has 1 unspecified atom stereocenters. The molecule has 0 saturated heterocycles. The first-order chi connectivity index (χ1) is 6.42. The lowest BCUT2D eigenvalue weighted by Gasteiger charge is -2.42. The molecule has 1 atom stereocenters. The molecule has 0 heterocycles. The molecule has 0 aromatic heterocycles. The van der Waals surface area contributed by atoms with Gasteiger partial charge in [0.15, 0.2) is 8.32 Å². The van der Waals surface area contributed by atoms with Crippen LogP contribution < -0.4 is 0 Å². The minimum Gasteiger partial charge on any atom is -0.410 e. The van der Waals surface area contributed by atoms with Crippen LogP contribution in [0.15, 0.2) is 12.7 Å². The lowest BCUT2D eigenvalue weighted by atomic mass is 9.89. The van der Waals surface area contributed by atoms with Crippen molar-refractivity contribution in [3.05, 3.63) is 12.7 Å². The van der Waals surface area contributed by atoms with Gasteiger partial charge in [-0.2, -0.15) is 0 Å². The first-order valence-corrected chi connectivity index (χ1v) is 8.63. The van der Waals surface area contributed by atoms with Crippen LogP contribution in [0, 0.1) is 5.41 Å². The van der Waals surface area contributed by atoms with Gasteiger partial charge in [0.05, 0.1) is 6.10 Å². The van der Waals surface area contributed by atoms with E-state index in [4.69, 9.17) is 4.43 Å². The molecule has 0 aromatic rings. The molecular formula is C13H28OSi. The van der Waals surface area contributed by atoms with Crippen molar-refractivity contribution in [1.29, 1.82) is 0 Å². The fraction of sp³-hybridized carbons (Fsp3) is 0.846. The van der Waals surface area contributed by atoms with Crippen LogP contribution in [-0.2, 0) is 4.43 Å². The van der Waals surface area contributed by atoms with E-state index in [1.807, 2.05) is 6.08 Å². The highest BCUT2D eigenvalue weighted by Crippen LogP contribution is 2.39. The zero-order chi connectivity index (χ0) is 12.5. The van der Waals surface area contributed by atoms with E-state index in [2.05, 4.69) is 61.2 Å². The van der Waals surface area contributed by atoms with E-state index < -0.39 is 8.32 Å². The average molecular weight is 228 g/mol. The fourth-order valence-electron chi connectivity index (χ4n) is 1.07. The predicted octanol–water partition coefficient (Wildman–Crippen LogP) is 4.61. The molecular weight excluding hydrogens is 200 g/mol. The van der Waals surface area contributed by atoms with E-state index in [9.17, 15) is 0 Å². The molecule has 0 rings (SSSR count). The number of rotatable bonds is 3. The lowest BCUT2D eigenvalue weighted by molar-refractivity contribution is 0.114. The Morgan fingerprint density at radius 2 is 1.47 bits per heavy atom.